The average Bonchev–Trinajstić information content (AvgIpc) is 2.56. The number of carbonyl (C=O) groups excluding carboxylic acids is 1. The third kappa shape index (κ3) is 5.93. The van der Waals surface area contributed by atoms with Crippen molar-refractivity contribution in [3.05, 3.63) is 59.7 Å². The summed E-state index contributed by atoms with van der Waals surface area (Å²) >= 11 is 0. The van der Waals surface area contributed by atoms with Crippen molar-refractivity contribution in [3.8, 4) is 11.5 Å². The summed E-state index contributed by atoms with van der Waals surface area (Å²) < 4.78 is 10.8. The highest BCUT2D eigenvalue weighted by Crippen LogP contribution is 2.22. The molecule has 0 saturated heterocycles. The first-order valence-corrected chi connectivity index (χ1v) is 7.21. The Labute approximate surface area is 143 Å². The van der Waals surface area contributed by atoms with Gasteiger partial charge in [-0.05, 0) is 30.8 Å². The van der Waals surface area contributed by atoms with Crippen molar-refractivity contribution in [1.29, 1.82) is 0 Å². The Bertz CT molecular complexity index is 604. The van der Waals surface area contributed by atoms with Crippen LogP contribution in [0.15, 0.2) is 48.5 Å². The second-order valence-electron chi connectivity index (χ2n) is 5.09. The quantitative estimate of drug-likeness (QED) is 0.693. The second-order valence-corrected chi connectivity index (χ2v) is 5.09. The summed E-state index contributed by atoms with van der Waals surface area (Å²) in [4.78, 5) is 13.3. The molecule has 2 aromatic rings. The Kier molecular flexibility index (Phi) is 8.16. The number of methoxy groups -OCH3 is 1. The van der Waals surface area contributed by atoms with E-state index in [1.54, 1.807) is 25.3 Å². The number of hydrogen-bond donors (Lipinski definition) is 0. The number of likely N-dealkylation sites (N-methyl/N-ethyl adjacent to an activating group) is 1. The molecule has 23 heavy (non-hydrogen) atoms. The van der Waals surface area contributed by atoms with E-state index >= 15 is 0 Å². The molecule has 0 atom stereocenters. The van der Waals surface area contributed by atoms with E-state index in [2.05, 4.69) is 17.0 Å². The van der Waals surface area contributed by atoms with E-state index in [0.29, 0.717) is 23.7 Å². The zero-order valence-electron chi connectivity index (χ0n) is 13.4. The van der Waals surface area contributed by atoms with Gasteiger partial charge in [-0.1, -0.05) is 30.3 Å². The molecular formula is C18H22ClNO3. The zero-order chi connectivity index (χ0) is 15.8. The van der Waals surface area contributed by atoms with Gasteiger partial charge in [0.15, 0.2) is 6.29 Å². The molecule has 2 rings (SSSR count). The predicted molar refractivity (Wildman–Crippen MR) is 93.9 cm³/mol. The second kappa shape index (κ2) is 9.87. The van der Waals surface area contributed by atoms with Crippen molar-refractivity contribution in [2.75, 3.05) is 27.3 Å². The molecule has 4 nitrogen and oxygen atoms in total. The summed E-state index contributed by atoms with van der Waals surface area (Å²) in [6.45, 7) is 2.17. The van der Waals surface area contributed by atoms with Crippen LogP contribution in [0.2, 0.25) is 0 Å². The van der Waals surface area contributed by atoms with Crippen LogP contribution in [0.25, 0.3) is 0 Å². The molecule has 0 aliphatic carbocycles. The number of aldehydes is 1. The van der Waals surface area contributed by atoms with Crippen molar-refractivity contribution in [3.63, 3.8) is 0 Å². The van der Waals surface area contributed by atoms with Crippen LogP contribution in [0.1, 0.15) is 15.9 Å². The zero-order valence-corrected chi connectivity index (χ0v) is 14.2. The van der Waals surface area contributed by atoms with E-state index < -0.39 is 0 Å². The lowest BCUT2D eigenvalue weighted by Crippen LogP contribution is -2.24. The van der Waals surface area contributed by atoms with Gasteiger partial charge in [0.1, 0.15) is 18.1 Å². The molecule has 0 saturated carbocycles. The fourth-order valence-corrected chi connectivity index (χ4v) is 2.16. The van der Waals surface area contributed by atoms with Gasteiger partial charge in [-0.15, -0.1) is 12.4 Å². The van der Waals surface area contributed by atoms with E-state index in [1.165, 1.54) is 5.56 Å². The van der Waals surface area contributed by atoms with Crippen LogP contribution >= 0.6 is 12.4 Å². The van der Waals surface area contributed by atoms with Gasteiger partial charge in [-0.3, -0.25) is 9.69 Å². The first-order chi connectivity index (χ1) is 10.7. The molecule has 124 valence electrons. The van der Waals surface area contributed by atoms with Crippen LogP contribution in [0.3, 0.4) is 0 Å². The normalized spacial score (nSPS) is 10.0. The van der Waals surface area contributed by atoms with Crippen LogP contribution in [0.5, 0.6) is 11.5 Å². The highest BCUT2D eigenvalue weighted by Gasteiger charge is 2.06. The standard InChI is InChI=1S/C18H21NO3.ClH/c1-19(13-15-6-4-3-5-7-15)10-11-22-18-9-8-17(21-2)12-16(18)14-20;/h3-9,12,14H,10-11,13H2,1-2H3;1H. The summed E-state index contributed by atoms with van der Waals surface area (Å²) in [5.41, 5.74) is 1.77. The lowest BCUT2D eigenvalue weighted by molar-refractivity contribution is 0.111. The Hall–Kier alpha value is -2.04. The van der Waals surface area contributed by atoms with Crippen molar-refractivity contribution < 1.29 is 14.3 Å². The molecule has 0 aliphatic heterocycles. The van der Waals surface area contributed by atoms with E-state index in [1.807, 2.05) is 25.2 Å². The maximum absolute atomic E-state index is 11.1. The van der Waals surface area contributed by atoms with E-state index in [0.717, 1.165) is 19.4 Å². The SMILES string of the molecule is COc1ccc(OCCN(C)Cc2ccccc2)c(C=O)c1.Cl. The van der Waals surface area contributed by atoms with Gasteiger partial charge in [-0.25, -0.2) is 0 Å². The van der Waals surface area contributed by atoms with Crippen molar-refractivity contribution in [1.82, 2.24) is 4.90 Å². The molecule has 0 radical (unpaired) electrons. The minimum Gasteiger partial charge on any atom is -0.497 e. The fourth-order valence-electron chi connectivity index (χ4n) is 2.16. The highest BCUT2D eigenvalue weighted by atomic mass is 35.5. The van der Waals surface area contributed by atoms with Crippen molar-refractivity contribution in [2.24, 2.45) is 0 Å². The summed E-state index contributed by atoms with van der Waals surface area (Å²) in [5, 5.41) is 0. The van der Waals surface area contributed by atoms with Gasteiger partial charge in [0, 0.05) is 13.1 Å². The Morgan fingerprint density at radius 2 is 1.87 bits per heavy atom. The lowest BCUT2D eigenvalue weighted by Gasteiger charge is -2.17. The molecule has 0 fully saturated rings. The molecule has 0 aromatic heterocycles. The highest BCUT2D eigenvalue weighted by molar-refractivity contribution is 5.85. The van der Waals surface area contributed by atoms with Gasteiger partial charge in [-0.2, -0.15) is 0 Å². The summed E-state index contributed by atoms with van der Waals surface area (Å²) in [7, 11) is 3.62. The third-order valence-corrected chi connectivity index (χ3v) is 3.37. The van der Waals surface area contributed by atoms with Gasteiger partial charge >= 0.3 is 0 Å². The van der Waals surface area contributed by atoms with Crippen molar-refractivity contribution >= 4 is 18.7 Å². The van der Waals surface area contributed by atoms with Crippen molar-refractivity contribution in [2.45, 2.75) is 6.54 Å². The Morgan fingerprint density at radius 3 is 2.52 bits per heavy atom. The van der Waals surface area contributed by atoms with Crippen LogP contribution < -0.4 is 9.47 Å². The fraction of sp³-hybridized carbons (Fsp3) is 0.278. The van der Waals surface area contributed by atoms with E-state index in [-0.39, 0.29) is 12.4 Å². The Morgan fingerprint density at radius 1 is 1.13 bits per heavy atom. The number of carbonyl (C=O) groups is 1. The monoisotopic (exact) mass is 335 g/mol. The number of nitrogens with zero attached hydrogens (tertiary/aromatic N) is 1. The topological polar surface area (TPSA) is 38.8 Å². The molecule has 5 heteroatoms. The lowest BCUT2D eigenvalue weighted by atomic mass is 10.2. The van der Waals surface area contributed by atoms with Gasteiger partial charge in [0.25, 0.3) is 0 Å². The molecular weight excluding hydrogens is 314 g/mol. The summed E-state index contributed by atoms with van der Waals surface area (Å²) in [6, 6.07) is 15.5. The first-order valence-electron chi connectivity index (χ1n) is 7.21. The van der Waals surface area contributed by atoms with Crippen LogP contribution in [-0.2, 0) is 6.54 Å². The van der Waals surface area contributed by atoms with Crippen LogP contribution in [-0.4, -0.2) is 38.5 Å². The summed E-state index contributed by atoms with van der Waals surface area (Å²) in [6.07, 6.45) is 0.783. The molecule has 0 amide bonds. The van der Waals surface area contributed by atoms with E-state index in [9.17, 15) is 4.79 Å². The largest absolute Gasteiger partial charge is 0.497 e. The van der Waals surface area contributed by atoms with Gasteiger partial charge < -0.3 is 9.47 Å². The van der Waals surface area contributed by atoms with Gasteiger partial charge in [0.05, 0.1) is 12.7 Å². The Balaban J connectivity index is 0.00000264. The molecule has 2 aromatic carbocycles. The molecule has 0 bridgehead atoms. The third-order valence-electron chi connectivity index (χ3n) is 3.37. The number of hydrogen-bond acceptors (Lipinski definition) is 4. The average molecular weight is 336 g/mol. The minimum atomic E-state index is 0. The number of benzene rings is 2. The smallest absolute Gasteiger partial charge is 0.153 e. The number of rotatable bonds is 8. The minimum absolute atomic E-state index is 0. The van der Waals surface area contributed by atoms with E-state index in [4.69, 9.17) is 9.47 Å². The molecule has 0 unspecified atom stereocenters. The first kappa shape index (κ1) is 19.0. The molecule has 0 spiro atoms. The predicted octanol–water partition coefficient (Wildman–Crippen LogP) is 3.44. The summed E-state index contributed by atoms with van der Waals surface area (Å²) in [5.74, 6) is 1.24. The maximum Gasteiger partial charge on any atom is 0.153 e. The molecule has 0 N–H and O–H groups in total. The number of halogens is 1. The van der Waals surface area contributed by atoms with Crippen LogP contribution in [0, 0.1) is 0 Å². The van der Waals surface area contributed by atoms with Crippen LogP contribution in [0.4, 0.5) is 0 Å². The molecule has 0 aliphatic rings. The van der Waals surface area contributed by atoms with Gasteiger partial charge in [0.2, 0.25) is 0 Å². The maximum atomic E-state index is 11.1. The number of ether oxygens (including phenoxy) is 2. The molecule has 0 heterocycles.